The molecule has 1 amide bonds. The summed E-state index contributed by atoms with van der Waals surface area (Å²) in [6, 6.07) is 1.93. The molecule has 0 spiro atoms. The van der Waals surface area contributed by atoms with Crippen LogP contribution in [0.4, 0.5) is 5.69 Å². The molecule has 1 aromatic rings. The number of hydrogen-bond donors (Lipinski definition) is 0. The number of carbonyl (C=O) groups excluding carboxylic acids is 1. The number of amides is 1. The van der Waals surface area contributed by atoms with Crippen LogP contribution in [0.5, 0.6) is 5.88 Å². The number of aromatic nitrogens is 1. The average molecular weight is 285 g/mol. The summed E-state index contributed by atoms with van der Waals surface area (Å²) in [6.45, 7) is 2.62. The number of alkyl halides is 1. The number of aryl methyl sites for hydroxylation is 1. The van der Waals surface area contributed by atoms with Crippen molar-refractivity contribution in [2.45, 2.75) is 18.2 Å². The molecule has 4 nitrogen and oxygen atoms in total. The van der Waals surface area contributed by atoms with E-state index in [2.05, 4.69) is 20.9 Å². The van der Waals surface area contributed by atoms with E-state index in [1.54, 1.807) is 18.2 Å². The Morgan fingerprint density at radius 2 is 2.38 bits per heavy atom. The SMILES string of the molecule is COc1ncc(N2CC(Br)CC2=O)cc1C. The largest absolute Gasteiger partial charge is 0.481 e. The second-order valence-electron chi connectivity index (χ2n) is 3.83. The first-order valence-corrected chi connectivity index (χ1v) is 5.98. The normalized spacial score (nSPS) is 20.3. The fourth-order valence-corrected chi connectivity index (χ4v) is 2.39. The van der Waals surface area contributed by atoms with Crippen molar-refractivity contribution in [3.63, 3.8) is 0 Å². The van der Waals surface area contributed by atoms with Gasteiger partial charge in [-0.15, -0.1) is 0 Å². The third-order valence-corrected chi connectivity index (χ3v) is 3.21. The van der Waals surface area contributed by atoms with Crippen LogP contribution in [-0.2, 0) is 4.79 Å². The highest BCUT2D eigenvalue weighted by Gasteiger charge is 2.29. The second kappa shape index (κ2) is 4.41. The van der Waals surface area contributed by atoms with Crippen molar-refractivity contribution in [3.05, 3.63) is 17.8 Å². The lowest BCUT2D eigenvalue weighted by atomic mass is 10.2. The van der Waals surface area contributed by atoms with Crippen molar-refractivity contribution >= 4 is 27.5 Å². The lowest BCUT2D eigenvalue weighted by Crippen LogP contribution is -2.24. The zero-order chi connectivity index (χ0) is 11.7. The van der Waals surface area contributed by atoms with Gasteiger partial charge >= 0.3 is 0 Å². The molecule has 0 N–H and O–H groups in total. The lowest BCUT2D eigenvalue weighted by Gasteiger charge is -2.16. The first-order valence-electron chi connectivity index (χ1n) is 5.07. The Morgan fingerprint density at radius 1 is 1.62 bits per heavy atom. The predicted molar refractivity (Wildman–Crippen MR) is 65.2 cm³/mol. The Hall–Kier alpha value is -1.10. The molecule has 0 radical (unpaired) electrons. The van der Waals surface area contributed by atoms with Gasteiger partial charge in [0.25, 0.3) is 0 Å². The summed E-state index contributed by atoms with van der Waals surface area (Å²) in [5.74, 6) is 0.735. The Kier molecular flexibility index (Phi) is 3.14. The second-order valence-corrected chi connectivity index (χ2v) is 5.12. The molecule has 0 aliphatic carbocycles. The zero-order valence-electron chi connectivity index (χ0n) is 9.24. The smallest absolute Gasteiger partial charge is 0.228 e. The van der Waals surface area contributed by atoms with Crippen LogP contribution in [0.2, 0.25) is 0 Å². The van der Waals surface area contributed by atoms with Crippen LogP contribution in [0.3, 0.4) is 0 Å². The van der Waals surface area contributed by atoms with Crippen LogP contribution >= 0.6 is 15.9 Å². The molecule has 5 heteroatoms. The van der Waals surface area contributed by atoms with E-state index in [0.717, 1.165) is 11.3 Å². The molecule has 86 valence electrons. The van der Waals surface area contributed by atoms with E-state index in [9.17, 15) is 4.79 Å². The predicted octanol–water partition coefficient (Wildman–Crippen LogP) is 1.90. The quantitative estimate of drug-likeness (QED) is 0.779. The molecule has 1 fully saturated rings. The monoisotopic (exact) mass is 284 g/mol. The first kappa shape index (κ1) is 11.4. The van der Waals surface area contributed by atoms with Crippen LogP contribution in [0.1, 0.15) is 12.0 Å². The Labute approximate surface area is 103 Å². The molecule has 1 aliphatic heterocycles. The van der Waals surface area contributed by atoms with Crippen molar-refractivity contribution in [3.8, 4) is 5.88 Å². The van der Waals surface area contributed by atoms with Gasteiger partial charge in [-0.1, -0.05) is 15.9 Å². The minimum atomic E-state index is 0.133. The van der Waals surface area contributed by atoms with E-state index in [1.807, 2.05) is 13.0 Å². The molecule has 1 atom stereocenters. The summed E-state index contributed by atoms with van der Waals surface area (Å²) >= 11 is 3.46. The molecule has 0 bridgehead atoms. The van der Waals surface area contributed by atoms with Gasteiger partial charge in [-0.3, -0.25) is 4.79 Å². The van der Waals surface area contributed by atoms with Gasteiger partial charge in [-0.05, 0) is 13.0 Å². The minimum Gasteiger partial charge on any atom is -0.481 e. The molecule has 1 aliphatic rings. The maximum Gasteiger partial charge on any atom is 0.228 e. The number of halogens is 1. The fraction of sp³-hybridized carbons (Fsp3) is 0.455. The number of rotatable bonds is 2. The molecule has 1 aromatic heterocycles. The Balaban J connectivity index is 2.28. The molecular weight excluding hydrogens is 272 g/mol. The summed E-state index contributed by atoms with van der Waals surface area (Å²) in [5.41, 5.74) is 1.77. The number of anilines is 1. The maximum absolute atomic E-state index is 11.7. The highest BCUT2D eigenvalue weighted by molar-refractivity contribution is 9.09. The summed E-state index contributed by atoms with van der Waals surface area (Å²) in [4.78, 5) is 17.8. The minimum absolute atomic E-state index is 0.133. The number of hydrogen-bond acceptors (Lipinski definition) is 3. The van der Waals surface area contributed by atoms with Gasteiger partial charge < -0.3 is 9.64 Å². The summed E-state index contributed by atoms with van der Waals surface area (Å²) in [5, 5.41) is 0. The van der Waals surface area contributed by atoms with Crippen LogP contribution in [0, 0.1) is 6.92 Å². The summed E-state index contributed by atoms with van der Waals surface area (Å²) in [6.07, 6.45) is 2.22. The van der Waals surface area contributed by atoms with Crippen molar-refractivity contribution in [1.82, 2.24) is 4.98 Å². The molecule has 2 rings (SSSR count). The molecule has 0 aromatic carbocycles. The molecule has 0 saturated carbocycles. The number of nitrogens with zero attached hydrogens (tertiary/aromatic N) is 2. The van der Waals surface area contributed by atoms with E-state index in [1.165, 1.54) is 0 Å². The Bertz CT molecular complexity index is 422. The zero-order valence-corrected chi connectivity index (χ0v) is 10.8. The lowest BCUT2D eigenvalue weighted by molar-refractivity contribution is -0.117. The highest BCUT2D eigenvalue weighted by Crippen LogP contribution is 2.27. The van der Waals surface area contributed by atoms with Gasteiger partial charge in [0.15, 0.2) is 0 Å². The van der Waals surface area contributed by atoms with E-state index in [0.29, 0.717) is 18.8 Å². The van der Waals surface area contributed by atoms with Gasteiger partial charge in [0.2, 0.25) is 11.8 Å². The average Bonchev–Trinajstić information content (AvgIpc) is 2.58. The molecule has 1 unspecified atom stereocenters. The van der Waals surface area contributed by atoms with Crippen molar-refractivity contribution in [2.24, 2.45) is 0 Å². The van der Waals surface area contributed by atoms with Crippen LogP contribution < -0.4 is 9.64 Å². The first-order chi connectivity index (χ1) is 7.61. The van der Waals surface area contributed by atoms with Crippen molar-refractivity contribution in [2.75, 3.05) is 18.6 Å². The van der Waals surface area contributed by atoms with Crippen molar-refractivity contribution in [1.29, 1.82) is 0 Å². The molecule has 1 saturated heterocycles. The van der Waals surface area contributed by atoms with Crippen molar-refractivity contribution < 1.29 is 9.53 Å². The van der Waals surface area contributed by atoms with Crippen LogP contribution in [0.15, 0.2) is 12.3 Å². The topological polar surface area (TPSA) is 42.4 Å². The van der Waals surface area contributed by atoms with Gasteiger partial charge in [-0.25, -0.2) is 4.98 Å². The van der Waals surface area contributed by atoms with Crippen LogP contribution in [-0.4, -0.2) is 29.4 Å². The van der Waals surface area contributed by atoms with E-state index < -0.39 is 0 Å². The highest BCUT2D eigenvalue weighted by atomic mass is 79.9. The van der Waals surface area contributed by atoms with Gasteiger partial charge in [0.1, 0.15) is 0 Å². The van der Waals surface area contributed by atoms with Gasteiger partial charge in [0.05, 0.1) is 19.0 Å². The fourth-order valence-electron chi connectivity index (χ4n) is 1.82. The van der Waals surface area contributed by atoms with Gasteiger partial charge in [-0.2, -0.15) is 0 Å². The molecule has 2 heterocycles. The number of carbonyl (C=O) groups is 1. The third-order valence-electron chi connectivity index (χ3n) is 2.60. The Morgan fingerprint density at radius 3 is 2.88 bits per heavy atom. The number of methoxy groups -OCH3 is 1. The number of pyridine rings is 1. The third kappa shape index (κ3) is 2.04. The van der Waals surface area contributed by atoms with Gasteiger partial charge in [0, 0.05) is 23.4 Å². The van der Waals surface area contributed by atoms with Crippen LogP contribution in [0.25, 0.3) is 0 Å². The standard InChI is InChI=1S/C11H13BrN2O2/c1-7-3-9(5-13-11(7)16-2)14-6-8(12)4-10(14)15/h3,5,8H,4,6H2,1-2H3. The molecular formula is C11H13BrN2O2. The summed E-state index contributed by atoms with van der Waals surface area (Å²) in [7, 11) is 1.59. The number of ether oxygens (including phenoxy) is 1. The summed E-state index contributed by atoms with van der Waals surface area (Å²) < 4.78 is 5.09. The maximum atomic E-state index is 11.7. The van der Waals surface area contributed by atoms with E-state index in [4.69, 9.17) is 4.74 Å². The van der Waals surface area contributed by atoms with E-state index >= 15 is 0 Å². The van der Waals surface area contributed by atoms with E-state index in [-0.39, 0.29) is 10.7 Å². The molecule has 16 heavy (non-hydrogen) atoms.